The Hall–Kier alpha value is -6.19. The summed E-state index contributed by atoms with van der Waals surface area (Å²) in [5.74, 6) is 0.704. The van der Waals surface area contributed by atoms with Crippen LogP contribution in [0.1, 0.15) is 25.0 Å². The third-order valence-corrected chi connectivity index (χ3v) is 9.95. The van der Waals surface area contributed by atoms with Gasteiger partial charge in [0.1, 0.15) is 0 Å². The molecule has 9 rings (SSSR count). The zero-order valence-corrected chi connectivity index (χ0v) is 27.4. The van der Waals surface area contributed by atoms with Crippen LogP contribution < -0.4 is 0 Å². The lowest BCUT2D eigenvalue weighted by molar-refractivity contribution is 0.666. The molecule has 3 heteroatoms. The Morgan fingerprint density at radius 1 is 0.429 bits per heavy atom. The molecule has 3 nitrogen and oxygen atoms in total. The molecule has 0 saturated heterocycles. The molecule has 0 saturated carbocycles. The van der Waals surface area contributed by atoms with E-state index in [0.29, 0.717) is 5.82 Å². The fourth-order valence-electron chi connectivity index (χ4n) is 7.42. The fourth-order valence-corrected chi connectivity index (χ4v) is 7.42. The van der Waals surface area contributed by atoms with Gasteiger partial charge in [0.15, 0.2) is 5.82 Å². The zero-order chi connectivity index (χ0) is 33.0. The second kappa shape index (κ2) is 11.5. The Kier molecular flexibility index (Phi) is 6.80. The number of pyridine rings is 1. The summed E-state index contributed by atoms with van der Waals surface area (Å²) in [4.78, 5) is 14.9. The lowest BCUT2D eigenvalue weighted by atomic mass is 9.80. The minimum atomic E-state index is -0.158. The van der Waals surface area contributed by atoms with E-state index in [1.807, 2.05) is 30.5 Å². The van der Waals surface area contributed by atoms with Crippen molar-refractivity contribution in [2.45, 2.75) is 19.3 Å². The number of hydrogen-bond acceptors (Lipinski definition) is 3. The van der Waals surface area contributed by atoms with Crippen LogP contribution in [0.3, 0.4) is 0 Å². The first-order valence-corrected chi connectivity index (χ1v) is 16.8. The van der Waals surface area contributed by atoms with Crippen molar-refractivity contribution in [3.05, 3.63) is 175 Å². The Balaban J connectivity index is 1.16. The molecule has 0 amide bonds. The average Bonchev–Trinajstić information content (AvgIpc) is 3.41. The molecule has 0 bridgehead atoms. The highest BCUT2D eigenvalue weighted by molar-refractivity contribution is 5.98. The molecule has 1 aliphatic rings. The molecule has 0 N–H and O–H groups in total. The number of rotatable bonds is 5. The maximum absolute atomic E-state index is 5.22. The van der Waals surface area contributed by atoms with E-state index in [1.54, 1.807) is 0 Å². The topological polar surface area (TPSA) is 38.7 Å². The molecule has 8 aromatic rings. The van der Waals surface area contributed by atoms with E-state index in [-0.39, 0.29) is 5.41 Å². The standard InChI is InChI=1S/C46H33N3/c1-46(2)40-28-36(24-25-38(40)39-26-23-32-12-6-7-13-37(32)44(39)46)43-29-42(34-19-17-33(18-20-34)41-14-8-9-27-47-41)48-45(49-43)35-21-15-31(16-22-35)30-10-4-3-5-11-30/h3-29H,1-2H3. The molecule has 2 heterocycles. The quantitative estimate of drug-likeness (QED) is 0.191. The number of fused-ring (bicyclic) bond motifs is 5. The van der Waals surface area contributed by atoms with Gasteiger partial charge in [-0.25, -0.2) is 9.97 Å². The SMILES string of the molecule is CC1(C)c2cc(-c3cc(-c4ccc(-c5ccccn5)cc4)nc(-c4ccc(-c5ccccc5)cc4)n3)ccc2-c2ccc3ccccc3c21. The highest BCUT2D eigenvalue weighted by Gasteiger charge is 2.37. The van der Waals surface area contributed by atoms with E-state index < -0.39 is 0 Å². The maximum Gasteiger partial charge on any atom is 0.160 e. The molecule has 0 spiro atoms. The van der Waals surface area contributed by atoms with Gasteiger partial charge in [-0.3, -0.25) is 4.98 Å². The van der Waals surface area contributed by atoms with Crippen LogP contribution >= 0.6 is 0 Å². The Morgan fingerprint density at radius 3 is 1.78 bits per heavy atom. The van der Waals surface area contributed by atoms with Gasteiger partial charge < -0.3 is 0 Å². The zero-order valence-electron chi connectivity index (χ0n) is 27.4. The van der Waals surface area contributed by atoms with Crippen molar-refractivity contribution < 1.29 is 0 Å². The highest BCUT2D eigenvalue weighted by Crippen LogP contribution is 2.52. The molecular formula is C46H33N3. The molecule has 0 radical (unpaired) electrons. The molecule has 0 fully saturated rings. The predicted molar refractivity (Wildman–Crippen MR) is 202 cm³/mol. The maximum atomic E-state index is 5.22. The van der Waals surface area contributed by atoms with E-state index in [4.69, 9.17) is 9.97 Å². The van der Waals surface area contributed by atoms with Gasteiger partial charge in [0.25, 0.3) is 0 Å². The predicted octanol–water partition coefficient (Wildman–Crippen LogP) is 11.7. The number of hydrogen-bond donors (Lipinski definition) is 0. The summed E-state index contributed by atoms with van der Waals surface area (Å²) < 4.78 is 0. The second-order valence-corrected chi connectivity index (χ2v) is 13.3. The lowest BCUT2D eigenvalue weighted by Gasteiger charge is -2.23. The van der Waals surface area contributed by atoms with Crippen LogP contribution in [0.4, 0.5) is 0 Å². The van der Waals surface area contributed by atoms with Crippen molar-refractivity contribution in [3.63, 3.8) is 0 Å². The molecule has 0 aliphatic heterocycles. The van der Waals surface area contributed by atoms with Gasteiger partial charge in [-0.1, -0.05) is 147 Å². The highest BCUT2D eigenvalue weighted by atomic mass is 14.9. The summed E-state index contributed by atoms with van der Waals surface area (Å²) in [6.07, 6.45) is 1.83. The first-order chi connectivity index (χ1) is 24.0. The first kappa shape index (κ1) is 29.0. The van der Waals surface area contributed by atoms with Gasteiger partial charge >= 0.3 is 0 Å². The Labute approximate surface area is 286 Å². The first-order valence-electron chi connectivity index (χ1n) is 16.8. The van der Waals surface area contributed by atoms with Crippen LogP contribution in [0.25, 0.3) is 78.2 Å². The molecule has 0 unspecified atom stereocenters. The summed E-state index contributed by atoms with van der Waals surface area (Å²) in [6.45, 7) is 4.70. The van der Waals surface area contributed by atoms with Crippen molar-refractivity contribution in [2.24, 2.45) is 0 Å². The second-order valence-electron chi connectivity index (χ2n) is 13.3. The van der Waals surface area contributed by atoms with Crippen LogP contribution in [0, 0.1) is 0 Å². The molecule has 232 valence electrons. The molecule has 2 aromatic heterocycles. The molecule has 0 atom stereocenters. The summed E-state index contributed by atoms with van der Waals surface area (Å²) in [5.41, 5.74) is 14.4. The van der Waals surface area contributed by atoms with Gasteiger partial charge in [-0.15, -0.1) is 0 Å². The Bertz CT molecular complexity index is 2380. The Morgan fingerprint density at radius 2 is 1.02 bits per heavy atom. The third kappa shape index (κ3) is 5.03. The van der Waals surface area contributed by atoms with Crippen molar-refractivity contribution in [2.75, 3.05) is 0 Å². The normalized spacial score (nSPS) is 12.9. The smallest absolute Gasteiger partial charge is 0.160 e. The van der Waals surface area contributed by atoms with E-state index in [2.05, 4.69) is 152 Å². The van der Waals surface area contributed by atoms with Crippen LogP contribution in [-0.4, -0.2) is 15.0 Å². The monoisotopic (exact) mass is 627 g/mol. The van der Waals surface area contributed by atoms with Gasteiger partial charge in [0.05, 0.1) is 17.1 Å². The summed E-state index contributed by atoms with van der Waals surface area (Å²) in [6, 6.07) is 55.8. The summed E-state index contributed by atoms with van der Waals surface area (Å²) >= 11 is 0. The van der Waals surface area contributed by atoms with E-state index in [0.717, 1.165) is 39.3 Å². The van der Waals surface area contributed by atoms with E-state index in [9.17, 15) is 0 Å². The number of aromatic nitrogens is 3. The van der Waals surface area contributed by atoms with Gasteiger partial charge in [0, 0.05) is 33.9 Å². The van der Waals surface area contributed by atoms with Crippen molar-refractivity contribution in [1.29, 1.82) is 0 Å². The largest absolute Gasteiger partial charge is 0.256 e. The van der Waals surface area contributed by atoms with Crippen molar-refractivity contribution in [1.82, 2.24) is 15.0 Å². The van der Waals surface area contributed by atoms with E-state index in [1.165, 1.54) is 44.2 Å². The third-order valence-electron chi connectivity index (χ3n) is 9.95. The van der Waals surface area contributed by atoms with Crippen LogP contribution in [0.5, 0.6) is 0 Å². The fraction of sp³-hybridized carbons (Fsp3) is 0.0652. The number of nitrogens with zero attached hydrogens (tertiary/aromatic N) is 3. The number of benzene rings is 6. The van der Waals surface area contributed by atoms with Crippen LogP contribution in [0.15, 0.2) is 164 Å². The average molecular weight is 628 g/mol. The van der Waals surface area contributed by atoms with Crippen LogP contribution in [-0.2, 0) is 5.41 Å². The van der Waals surface area contributed by atoms with Crippen molar-refractivity contribution >= 4 is 10.8 Å². The lowest BCUT2D eigenvalue weighted by Crippen LogP contribution is -2.15. The molecule has 49 heavy (non-hydrogen) atoms. The van der Waals surface area contributed by atoms with Gasteiger partial charge in [-0.2, -0.15) is 0 Å². The minimum absolute atomic E-state index is 0.158. The molecule has 6 aromatic carbocycles. The summed E-state index contributed by atoms with van der Waals surface area (Å²) in [7, 11) is 0. The van der Waals surface area contributed by atoms with E-state index >= 15 is 0 Å². The minimum Gasteiger partial charge on any atom is -0.256 e. The van der Waals surface area contributed by atoms with Crippen LogP contribution in [0.2, 0.25) is 0 Å². The van der Waals surface area contributed by atoms with Crippen molar-refractivity contribution in [3.8, 4) is 67.4 Å². The summed E-state index contributed by atoms with van der Waals surface area (Å²) in [5, 5.41) is 2.60. The molecular weight excluding hydrogens is 595 g/mol. The van der Waals surface area contributed by atoms with Gasteiger partial charge in [-0.05, 0) is 68.4 Å². The van der Waals surface area contributed by atoms with Gasteiger partial charge in [0.2, 0.25) is 0 Å². The molecule has 1 aliphatic carbocycles.